The van der Waals surface area contributed by atoms with Crippen molar-refractivity contribution in [3.8, 4) is 0 Å². The van der Waals surface area contributed by atoms with Crippen molar-refractivity contribution in [1.29, 1.82) is 0 Å². The molecule has 0 saturated carbocycles. The third kappa shape index (κ3) is 6.80. The van der Waals surface area contributed by atoms with Gasteiger partial charge in [0.15, 0.2) is 5.16 Å². The molecule has 116 valence electrons. The van der Waals surface area contributed by atoms with Crippen LogP contribution in [-0.4, -0.2) is 54.0 Å². The molecule has 0 aliphatic carbocycles. The van der Waals surface area contributed by atoms with Gasteiger partial charge in [-0.05, 0) is 12.7 Å². The molecule has 0 unspecified atom stereocenters. The van der Waals surface area contributed by atoms with E-state index in [9.17, 15) is 4.79 Å². The average molecular weight is 312 g/mol. The van der Waals surface area contributed by atoms with Crippen LogP contribution in [0.2, 0.25) is 0 Å². The number of alkyl carbamates (subject to hydrolysis) is 1. The second-order valence-corrected chi connectivity index (χ2v) is 4.56. The minimum Gasteiger partial charge on any atom is -0.448 e. The number of carbonyl (C=O) groups excluding carboxylic acids is 1. The Morgan fingerprint density at radius 2 is 1.95 bits per heavy atom. The molecule has 1 heterocycles. The van der Waals surface area contributed by atoms with Crippen LogP contribution in [0, 0.1) is 0 Å². The summed E-state index contributed by atoms with van der Waals surface area (Å²) in [4.78, 5) is 23.6. The first-order valence-electron chi connectivity index (χ1n) is 6.42. The molecule has 0 aliphatic rings. The van der Waals surface area contributed by atoms with E-state index in [4.69, 9.17) is 4.74 Å². The number of hydrogen-bond acceptors (Lipinski definition) is 8. The van der Waals surface area contributed by atoms with Gasteiger partial charge in [0.1, 0.15) is 6.61 Å². The molecule has 3 N–H and O–H groups in total. The van der Waals surface area contributed by atoms with Crippen LogP contribution in [0.1, 0.15) is 6.42 Å². The molecule has 1 amide bonds. The zero-order valence-corrected chi connectivity index (χ0v) is 13.0. The Hall–Kier alpha value is -2.03. The Bertz CT molecular complexity index is 471. The summed E-state index contributed by atoms with van der Waals surface area (Å²) in [5.41, 5.74) is 0. The Kier molecular flexibility index (Phi) is 7.95. The third-order valence-electron chi connectivity index (χ3n) is 2.25. The highest BCUT2D eigenvalue weighted by Crippen LogP contribution is 2.13. The zero-order chi connectivity index (χ0) is 15.5. The van der Waals surface area contributed by atoms with Crippen LogP contribution in [-0.2, 0) is 4.74 Å². The lowest BCUT2D eigenvalue weighted by Crippen LogP contribution is -2.23. The Morgan fingerprint density at radius 3 is 2.52 bits per heavy atom. The van der Waals surface area contributed by atoms with E-state index in [2.05, 4.69) is 37.5 Å². The van der Waals surface area contributed by atoms with Crippen LogP contribution in [0.4, 0.5) is 16.7 Å². The summed E-state index contributed by atoms with van der Waals surface area (Å²) in [6.07, 6.45) is 4.06. The van der Waals surface area contributed by atoms with E-state index in [1.165, 1.54) is 18.8 Å². The maximum Gasteiger partial charge on any atom is 0.406 e. The number of nitrogens with one attached hydrogen (secondary N) is 3. The number of aromatic nitrogens is 3. The summed E-state index contributed by atoms with van der Waals surface area (Å²) in [5.74, 6) is 0.946. The summed E-state index contributed by atoms with van der Waals surface area (Å²) >= 11 is 1.43. The maximum atomic E-state index is 10.9. The number of carbonyl (C=O) groups is 1. The van der Waals surface area contributed by atoms with Crippen LogP contribution in [0.15, 0.2) is 17.8 Å². The highest BCUT2D eigenvalue weighted by atomic mass is 32.2. The van der Waals surface area contributed by atoms with Crippen LogP contribution in [0.5, 0.6) is 0 Å². The van der Waals surface area contributed by atoms with Crippen LogP contribution < -0.4 is 16.0 Å². The molecule has 8 nitrogen and oxygen atoms in total. The van der Waals surface area contributed by atoms with Gasteiger partial charge in [0, 0.05) is 13.6 Å². The van der Waals surface area contributed by atoms with Crippen LogP contribution in [0.3, 0.4) is 0 Å². The van der Waals surface area contributed by atoms with E-state index in [0.29, 0.717) is 30.1 Å². The van der Waals surface area contributed by atoms with E-state index < -0.39 is 6.09 Å². The molecule has 1 rings (SSSR count). The first kappa shape index (κ1) is 17.0. The maximum absolute atomic E-state index is 10.9. The van der Waals surface area contributed by atoms with Crippen molar-refractivity contribution in [1.82, 2.24) is 20.3 Å². The van der Waals surface area contributed by atoms with Gasteiger partial charge in [0.2, 0.25) is 11.9 Å². The van der Waals surface area contributed by atoms with Gasteiger partial charge in [0.25, 0.3) is 0 Å². The fourth-order valence-electron chi connectivity index (χ4n) is 1.27. The van der Waals surface area contributed by atoms with Gasteiger partial charge in [-0.25, -0.2) is 4.79 Å². The lowest BCUT2D eigenvalue weighted by Gasteiger charge is -2.09. The first-order chi connectivity index (χ1) is 10.2. The van der Waals surface area contributed by atoms with Crippen molar-refractivity contribution < 1.29 is 9.53 Å². The van der Waals surface area contributed by atoms with Crippen molar-refractivity contribution in [3.63, 3.8) is 0 Å². The number of nitrogens with zero attached hydrogens (tertiary/aromatic N) is 3. The minimum absolute atomic E-state index is 0.221. The lowest BCUT2D eigenvalue weighted by molar-refractivity contribution is 0.153. The molecule has 0 radical (unpaired) electrons. The standard InChI is InChI=1S/C12H20N6O2S/c1-4-5-6-14-9-16-10(18-11(17-9)21-3)15-7-8-20-12(19)13-2/h4H,1,5-8H2,2-3H3,(H,13,19)(H2,14,15,16,17,18). The van der Waals surface area contributed by atoms with Gasteiger partial charge >= 0.3 is 6.09 Å². The summed E-state index contributed by atoms with van der Waals surface area (Å²) in [6.45, 7) is 5.00. The second-order valence-electron chi connectivity index (χ2n) is 3.79. The number of amides is 1. The summed E-state index contributed by atoms with van der Waals surface area (Å²) < 4.78 is 4.86. The van der Waals surface area contributed by atoms with Gasteiger partial charge in [-0.3, -0.25) is 0 Å². The molecule has 1 aromatic heterocycles. The van der Waals surface area contributed by atoms with E-state index in [-0.39, 0.29) is 6.61 Å². The highest BCUT2D eigenvalue weighted by Gasteiger charge is 2.05. The smallest absolute Gasteiger partial charge is 0.406 e. The number of thioether (sulfide) groups is 1. The van der Waals surface area contributed by atoms with Crippen LogP contribution in [0.25, 0.3) is 0 Å². The largest absolute Gasteiger partial charge is 0.448 e. The molecule has 0 bridgehead atoms. The number of anilines is 2. The fraction of sp³-hybridized carbons (Fsp3) is 0.500. The second kappa shape index (κ2) is 9.81. The number of ether oxygens (including phenoxy) is 1. The average Bonchev–Trinajstić information content (AvgIpc) is 2.51. The van der Waals surface area contributed by atoms with Crippen molar-refractivity contribution in [2.75, 3.05) is 43.6 Å². The predicted octanol–water partition coefficient (Wildman–Crippen LogP) is 1.35. The first-order valence-corrected chi connectivity index (χ1v) is 7.65. The zero-order valence-electron chi connectivity index (χ0n) is 12.2. The third-order valence-corrected chi connectivity index (χ3v) is 2.80. The molecule has 0 spiro atoms. The van der Waals surface area contributed by atoms with Gasteiger partial charge in [0.05, 0.1) is 6.54 Å². The van der Waals surface area contributed by atoms with Gasteiger partial charge in [-0.15, -0.1) is 6.58 Å². The predicted molar refractivity (Wildman–Crippen MR) is 83.8 cm³/mol. The quantitative estimate of drug-likeness (QED) is 0.357. The molecule has 21 heavy (non-hydrogen) atoms. The van der Waals surface area contributed by atoms with E-state index >= 15 is 0 Å². The fourth-order valence-corrected chi connectivity index (χ4v) is 1.63. The van der Waals surface area contributed by atoms with E-state index in [1.807, 2.05) is 12.3 Å². The Labute approximate surface area is 128 Å². The van der Waals surface area contributed by atoms with E-state index in [1.54, 1.807) is 0 Å². The molecule has 0 fully saturated rings. The molecule has 0 saturated heterocycles. The van der Waals surface area contributed by atoms with Crippen molar-refractivity contribution in [2.45, 2.75) is 11.6 Å². The molecular formula is C12H20N6O2S. The monoisotopic (exact) mass is 312 g/mol. The SMILES string of the molecule is C=CCCNc1nc(NCCOC(=O)NC)nc(SC)n1. The summed E-state index contributed by atoms with van der Waals surface area (Å²) in [7, 11) is 1.51. The van der Waals surface area contributed by atoms with Gasteiger partial charge in [-0.1, -0.05) is 17.8 Å². The Morgan fingerprint density at radius 1 is 1.29 bits per heavy atom. The van der Waals surface area contributed by atoms with Crippen molar-refractivity contribution in [3.05, 3.63) is 12.7 Å². The van der Waals surface area contributed by atoms with Gasteiger partial charge in [-0.2, -0.15) is 15.0 Å². The molecule has 0 aliphatic heterocycles. The number of rotatable bonds is 9. The lowest BCUT2D eigenvalue weighted by atomic mass is 10.4. The van der Waals surface area contributed by atoms with Crippen molar-refractivity contribution >= 4 is 29.8 Å². The number of hydrogen-bond donors (Lipinski definition) is 3. The summed E-state index contributed by atoms with van der Waals surface area (Å²) in [5, 5.41) is 9.07. The molecule has 1 aromatic rings. The molecule has 0 aromatic carbocycles. The molecular weight excluding hydrogens is 292 g/mol. The Balaban J connectivity index is 2.53. The van der Waals surface area contributed by atoms with Gasteiger partial charge < -0.3 is 20.7 Å². The van der Waals surface area contributed by atoms with Crippen molar-refractivity contribution in [2.24, 2.45) is 0 Å². The van der Waals surface area contributed by atoms with E-state index in [0.717, 1.165) is 6.42 Å². The highest BCUT2D eigenvalue weighted by molar-refractivity contribution is 7.98. The minimum atomic E-state index is -0.468. The summed E-state index contributed by atoms with van der Waals surface area (Å²) in [6, 6.07) is 0. The molecule has 0 atom stereocenters. The van der Waals surface area contributed by atoms with Crippen LogP contribution >= 0.6 is 11.8 Å². The topological polar surface area (TPSA) is 101 Å². The molecule has 9 heteroatoms. The normalized spacial score (nSPS) is 9.81.